The molecular weight excluding hydrogens is 226 g/mol. The molecule has 0 N–H and O–H groups in total. The van der Waals surface area contributed by atoms with E-state index in [2.05, 4.69) is 52.1 Å². The molecule has 0 fully saturated rings. The minimum atomic E-state index is 0.900. The van der Waals surface area contributed by atoms with Gasteiger partial charge in [-0.1, -0.05) is 22.0 Å². The molecule has 0 radical (unpaired) electrons. The van der Waals surface area contributed by atoms with E-state index in [4.69, 9.17) is 0 Å². The summed E-state index contributed by atoms with van der Waals surface area (Å²) in [7, 11) is 0. The first kappa shape index (κ1) is 8.70. The van der Waals surface area contributed by atoms with E-state index in [1.807, 2.05) is 6.20 Å². The summed E-state index contributed by atoms with van der Waals surface area (Å²) in [4.78, 5) is 4.34. The van der Waals surface area contributed by atoms with E-state index in [9.17, 15) is 0 Å². The van der Waals surface area contributed by atoms with Crippen molar-refractivity contribution < 1.29 is 0 Å². The van der Waals surface area contributed by atoms with Crippen molar-refractivity contribution in [2.24, 2.45) is 0 Å². The molecule has 0 bridgehead atoms. The van der Waals surface area contributed by atoms with Crippen LogP contribution in [0.4, 0.5) is 0 Å². The van der Waals surface area contributed by atoms with Crippen LogP contribution in [-0.4, -0.2) is 4.98 Å². The predicted octanol–water partition coefficient (Wildman–Crippen LogP) is 3.44. The van der Waals surface area contributed by atoms with E-state index >= 15 is 0 Å². The molecule has 2 aromatic rings. The van der Waals surface area contributed by atoms with E-state index in [1.54, 1.807) is 0 Å². The van der Waals surface area contributed by atoms with Crippen LogP contribution in [0.15, 0.2) is 30.5 Å². The van der Waals surface area contributed by atoms with Crippen LogP contribution >= 0.6 is 15.9 Å². The van der Waals surface area contributed by atoms with Crippen molar-refractivity contribution in [3.63, 3.8) is 0 Å². The zero-order chi connectivity index (χ0) is 9.26. The maximum atomic E-state index is 4.34. The lowest BCUT2D eigenvalue weighted by atomic mass is 10.1. The monoisotopic (exact) mass is 235 g/mol. The van der Waals surface area contributed by atoms with Crippen LogP contribution in [0.25, 0.3) is 10.9 Å². The number of benzene rings is 1. The molecule has 0 aliphatic rings. The van der Waals surface area contributed by atoms with Crippen LogP contribution in [0.5, 0.6) is 0 Å². The summed E-state index contributed by atoms with van der Waals surface area (Å²) < 4.78 is 0. The van der Waals surface area contributed by atoms with Gasteiger partial charge in [0.15, 0.2) is 0 Å². The summed E-state index contributed by atoms with van der Waals surface area (Å²) in [6.07, 6.45) is 1.90. The molecule has 66 valence electrons. The number of hydrogen-bond donors (Lipinski definition) is 0. The minimum absolute atomic E-state index is 0.900. The maximum absolute atomic E-state index is 4.34. The second-order valence-corrected chi connectivity index (χ2v) is 3.73. The average Bonchev–Trinajstić information content (AvgIpc) is 2.16. The molecule has 2 rings (SSSR count). The lowest BCUT2D eigenvalue weighted by Crippen LogP contribution is -1.83. The Hall–Kier alpha value is -0.890. The summed E-state index contributed by atoms with van der Waals surface area (Å²) in [5.41, 5.74) is 3.56. The molecule has 0 atom stereocenters. The Kier molecular flexibility index (Phi) is 2.32. The average molecular weight is 236 g/mol. The molecule has 0 aliphatic heterocycles. The first-order valence-corrected chi connectivity index (χ1v) is 5.33. The summed E-state index contributed by atoms with van der Waals surface area (Å²) in [6.45, 7) is 2.06. The van der Waals surface area contributed by atoms with Crippen molar-refractivity contribution in [3.05, 3.63) is 41.6 Å². The fourth-order valence-electron chi connectivity index (χ4n) is 1.37. The summed E-state index contributed by atoms with van der Waals surface area (Å²) in [5, 5.41) is 2.12. The third kappa shape index (κ3) is 1.73. The molecule has 0 saturated carbocycles. The van der Waals surface area contributed by atoms with Crippen LogP contribution < -0.4 is 0 Å². The summed E-state index contributed by atoms with van der Waals surface area (Å²) in [6, 6.07) is 8.49. The molecule has 0 unspecified atom stereocenters. The van der Waals surface area contributed by atoms with Gasteiger partial charge in [0.25, 0.3) is 0 Å². The number of pyridine rings is 1. The highest BCUT2D eigenvalue weighted by Gasteiger charge is 1.96. The Bertz CT molecular complexity index is 437. The van der Waals surface area contributed by atoms with Gasteiger partial charge in [-0.2, -0.15) is 0 Å². The standard InChI is InChI=1S/C11H10BrN/c1-8-4-10-5-9(6-12)2-3-11(10)13-7-8/h2-5,7H,6H2,1H3. The number of aromatic nitrogens is 1. The van der Waals surface area contributed by atoms with Crippen LogP contribution in [0.3, 0.4) is 0 Å². The van der Waals surface area contributed by atoms with Crippen molar-refractivity contribution in [2.45, 2.75) is 12.3 Å². The Balaban J connectivity index is 2.68. The second-order valence-electron chi connectivity index (χ2n) is 3.17. The van der Waals surface area contributed by atoms with E-state index in [-0.39, 0.29) is 0 Å². The summed E-state index contributed by atoms with van der Waals surface area (Å²) >= 11 is 3.44. The molecule has 0 amide bonds. The topological polar surface area (TPSA) is 12.9 Å². The first-order valence-electron chi connectivity index (χ1n) is 4.21. The molecule has 1 nitrogen and oxygen atoms in total. The largest absolute Gasteiger partial charge is 0.256 e. The SMILES string of the molecule is Cc1cnc2ccc(CBr)cc2c1. The van der Waals surface area contributed by atoms with Crippen molar-refractivity contribution in [1.29, 1.82) is 0 Å². The number of fused-ring (bicyclic) bond motifs is 1. The Morgan fingerprint density at radius 1 is 1.31 bits per heavy atom. The molecule has 0 spiro atoms. The normalized spacial score (nSPS) is 10.6. The van der Waals surface area contributed by atoms with Crippen molar-refractivity contribution in [1.82, 2.24) is 4.98 Å². The molecule has 2 heteroatoms. The molecule has 1 aromatic heterocycles. The van der Waals surface area contributed by atoms with Gasteiger partial charge in [0.05, 0.1) is 5.52 Å². The smallest absolute Gasteiger partial charge is 0.0702 e. The number of aryl methyl sites for hydroxylation is 1. The van der Waals surface area contributed by atoms with E-state index in [0.29, 0.717) is 0 Å². The zero-order valence-corrected chi connectivity index (χ0v) is 9.01. The first-order chi connectivity index (χ1) is 6.29. The Morgan fingerprint density at radius 2 is 2.15 bits per heavy atom. The van der Waals surface area contributed by atoms with Gasteiger partial charge >= 0.3 is 0 Å². The van der Waals surface area contributed by atoms with Crippen LogP contribution in [0, 0.1) is 6.92 Å². The molecular formula is C11H10BrN. The second kappa shape index (κ2) is 3.46. The molecule has 1 aromatic carbocycles. The number of rotatable bonds is 1. The fraction of sp³-hybridized carbons (Fsp3) is 0.182. The fourth-order valence-corrected chi connectivity index (χ4v) is 1.72. The third-order valence-corrected chi connectivity index (χ3v) is 2.68. The predicted molar refractivity (Wildman–Crippen MR) is 59.1 cm³/mol. The van der Waals surface area contributed by atoms with E-state index in [1.165, 1.54) is 16.5 Å². The highest BCUT2D eigenvalue weighted by Crippen LogP contribution is 2.16. The quantitative estimate of drug-likeness (QED) is 0.691. The number of nitrogens with zero attached hydrogens (tertiary/aromatic N) is 1. The molecule has 0 saturated heterocycles. The van der Waals surface area contributed by atoms with Gasteiger partial charge in [0, 0.05) is 16.9 Å². The van der Waals surface area contributed by atoms with Crippen molar-refractivity contribution in [3.8, 4) is 0 Å². The van der Waals surface area contributed by atoms with Crippen LogP contribution in [0.1, 0.15) is 11.1 Å². The van der Waals surface area contributed by atoms with Crippen molar-refractivity contribution >= 4 is 26.8 Å². The minimum Gasteiger partial charge on any atom is -0.256 e. The van der Waals surface area contributed by atoms with Gasteiger partial charge in [-0.05, 0) is 36.2 Å². The maximum Gasteiger partial charge on any atom is 0.0702 e. The molecule has 13 heavy (non-hydrogen) atoms. The van der Waals surface area contributed by atoms with Gasteiger partial charge in [0.1, 0.15) is 0 Å². The summed E-state index contributed by atoms with van der Waals surface area (Å²) in [5.74, 6) is 0. The zero-order valence-electron chi connectivity index (χ0n) is 7.42. The van der Waals surface area contributed by atoms with Gasteiger partial charge in [-0.15, -0.1) is 0 Å². The van der Waals surface area contributed by atoms with Gasteiger partial charge in [0.2, 0.25) is 0 Å². The van der Waals surface area contributed by atoms with Crippen LogP contribution in [0.2, 0.25) is 0 Å². The van der Waals surface area contributed by atoms with Crippen LogP contribution in [-0.2, 0) is 5.33 Å². The van der Waals surface area contributed by atoms with E-state index < -0.39 is 0 Å². The Labute approximate surface area is 85.9 Å². The lowest BCUT2D eigenvalue weighted by molar-refractivity contribution is 1.32. The number of hydrogen-bond acceptors (Lipinski definition) is 1. The number of alkyl halides is 1. The van der Waals surface area contributed by atoms with Crippen molar-refractivity contribution in [2.75, 3.05) is 0 Å². The molecule has 0 aliphatic carbocycles. The highest BCUT2D eigenvalue weighted by molar-refractivity contribution is 9.08. The van der Waals surface area contributed by atoms with E-state index in [0.717, 1.165) is 10.8 Å². The number of halogens is 1. The molecule has 1 heterocycles. The highest BCUT2D eigenvalue weighted by atomic mass is 79.9. The Morgan fingerprint density at radius 3 is 2.92 bits per heavy atom. The van der Waals surface area contributed by atoms with Gasteiger partial charge in [-0.25, -0.2) is 0 Å². The van der Waals surface area contributed by atoms with Gasteiger partial charge in [-0.3, -0.25) is 4.98 Å². The van der Waals surface area contributed by atoms with Gasteiger partial charge < -0.3 is 0 Å². The third-order valence-electron chi connectivity index (χ3n) is 2.04. The lowest BCUT2D eigenvalue weighted by Gasteiger charge is -2.00.